The second kappa shape index (κ2) is 19.2. The Balaban J connectivity index is 0. The van der Waals surface area contributed by atoms with Crippen LogP contribution in [0, 0.1) is 0 Å². The summed E-state index contributed by atoms with van der Waals surface area (Å²) in [5, 5.41) is 0. The van der Waals surface area contributed by atoms with Crippen molar-refractivity contribution in [1.82, 2.24) is 0 Å². The summed E-state index contributed by atoms with van der Waals surface area (Å²) in [6.45, 7) is 4.81. The maximum Gasteiger partial charge on any atom is 0.309 e. The van der Waals surface area contributed by atoms with Gasteiger partial charge in [0, 0.05) is 6.92 Å². The highest BCUT2D eigenvalue weighted by Gasteiger charge is 2.18. The zero-order valence-electron chi connectivity index (χ0n) is 19.6. The Morgan fingerprint density at radius 1 is 0.828 bits per heavy atom. The van der Waals surface area contributed by atoms with E-state index in [0.29, 0.717) is 6.61 Å². The molecule has 0 saturated carbocycles. The molecule has 1 atom stereocenters. The predicted molar refractivity (Wildman–Crippen MR) is 115 cm³/mol. The summed E-state index contributed by atoms with van der Waals surface area (Å²) in [5.74, 6) is -0.602. The number of rotatable bonds is 18. The molecule has 0 aromatic heterocycles. The maximum atomic E-state index is 12.0. The third-order valence-corrected chi connectivity index (χ3v) is 4.88. The molecule has 0 rings (SSSR count). The Hall–Kier alpha value is -0.810. The predicted octanol–water partition coefficient (Wildman–Crippen LogP) is 2.26. The minimum absolute atomic E-state index is 0. The van der Waals surface area contributed by atoms with Gasteiger partial charge in [0.15, 0.2) is 0 Å². The molecule has 0 heterocycles. The molecule has 0 spiro atoms. The smallest absolute Gasteiger partial charge is 0.309 e. The number of hydrogen-bond donors (Lipinski definition) is 0. The molecular formula is C23H46ClNO4. The van der Waals surface area contributed by atoms with Crippen molar-refractivity contribution < 1.29 is 36.0 Å². The number of esters is 2. The second-order valence-electron chi connectivity index (χ2n) is 8.99. The minimum atomic E-state index is -0.354. The molecule has 0 aliphatic rings. The fourth-order valence-corrected chi connectivity index (χ4v) is 3.15. The number of nitrogens with zero attached hydrogens (tertiary/aromatic N) is 1. The van der Waals surface area contributed by atoms with E-state index in [9.17, 15) is 9.59 Å². The third kappa shape index (κ3) is 23.3. The lowest BCUT2D eigenvalue weighted by Gasteiger charge is -2.23. The van der Waals surface area contributed by atoms with Crippen molar-refractivity contribution in [3.05, 3.63) is 0 Å². The number of halogens is 1. The van der Waals surface area contributed by atoms with E-state index in [1.54, 1.807) is 0 Å². The summed E-state index contributed by atoms with van der Waals surface area (Å²) in [4.78, 5) is 23.3. The molecule has 0 aromatic rings. The molecule has 0 aliphatic carbocycles. The molecule has 0 bridgehead atoms. The van der Waals surface area contributed by atoms with Gasteiger partial charge in [-0.05, 0) is 12.8 Å². The highest BCUT2D eigenvalue weighted by Crippen LogP contribution is 2.15. The van der Waals surface area contributed by atoms with Crippen LogP contribution in [-0.4, -0.2) is 56.8 Å². The monoisotopic (exact) mass is 435 g/mol. The number of ether oxygens (including phenoxy) is 2. The van der Waals surface area contributed by atoms with Gasteiger partial charge in [-0.25, -0.2) is 0 Å². The number of likely N-dealkylation sites (N-methyl/N-ethyl adjacent to an activating group) is 1. The Morgan fingerprint density at radius 3 is 1.76 bits per heavy atom. The Morgan fingerprint density at radius 2 is 1.31 bits per heavy atom. The van der Waals surface area contributed by atoms with Crippen LogP contribution in [0.5, 0.6) is 0 Å². The SMILES string of the molecule is CCCCCCCCCCCCCC(CC(=O)OCC[N+](C)(C)C)OC(C)=O.[Cl-]. The lowest BCUT2D eigenvalue weighted by molar-refractivity contribution is -0.870. The fraction of sp³-hybridized carbons (Fsp3) is 0.913. The van der Waals surface area contributed by atoms with Gasteiger partial charge in [0.25, 0.3) is 0 Å². The standard InChI is InChI=1S/C23H46NO4.ClH/c1-6-7-8-9-10-11-12-13-14-15-16-17-22(28-21(2)25)20-23(26)27-19-18-24(3,4)5;/h22H,6-20H2,1-5H3;1H/q+1;/p-1. The summed E-state index contributed by atoms with van der Waals surface area (Å²) >= 11 is 0. The quantitative estimate of drug-likeness (QED) is 0.188. The van der Waals surface area contributed by atoms with Crippen molar-refractivity contribution in [3.8, 4) is 0 Å². The summed E-state index contributed by atoms with van der Waals surface area (Å²) < 4.78 is 11.4. The van der Waals surface area contributed by atoms with E-state index in [-0.39, 0.29) is 36.9 Å². The van der Waals surface area contributed by atoms with Crippen LogP contribution in [0.3, 0.4) is 0 Å². The maximum absolute atomic E-state index is 12.0. The minimum Gasteiger partial charge on any atom is -1.00 e. The molecule has 6 heteroatoms. The van der Waals surface area contributed by atoms with E-state index in [2.05, 4.69) is 28.1 Å². The zero-order chi connectivity index (χ0) is 21.3. The van der Waals surface area contributed by atoms with Gasteiger partial charge in [-0.2, -0.15) is 0 Å². The van der Waals surface area contributed by atoms with Crippen molar-refractivity contribution in [2.24, 2.45) is 0 Å². The number of hydrogen-bond acceptors (Lipinski definition) is 4. The van der Waals surface area contributed by atoms with E-state index < -0.39 is 0 Å². The van der Waals surface area contributed by atoms with Crippen LogP contribution in [0.2, 0.25) is 0 Å². The molecule has 5 nitrogen and oxygen atoms in total. The van der Waals surface area contributed by atoms with E-state index >= 15 is 0 Å². The Bertz CT molecular complexity index is 410. The number of unbranched alkanes of at least 4 members (excludes halogenated alkanes) is 10. The van der Waals surface area contributed by atoms with Gasteiger partial charge in [0.2, 0.25) is 0 Å². The summed E-state index contributed by atoms with van der Waals surface area (Å²) in [6.07, 6.45) is 14.6. The normalized spacial score (nSPS) is 12.2. The van der Waals surface area contributed by atoms with Gasteiger partial charge in [-0.15, -0.1) is 0 Å². The molecule has 0 radical (unpaired) electrons. The van der Waals surface area contributed by atoms with Gasteiger partial charge in [0.05, 0.1) is 27.6 Å². The molecule has 0 aliphatic heterocycles. The van der Waals surface area contributed by atoms with Gasteiger partial charge < -0.3 is 26.4 Å². The second-order valence-corrected chi connectivity index (χ2v) is 8.99. The first kappa shape index (κ1) is 30.4. The van der Waals surface area contributed by atoms with Crippen LogP contribution in [0.4, 0.5) is 0 Å². The molecule has 0 aromatic carbocycles. The Labute approximate surface area is 185 Å². The number of quaternary nitrogens is 1. The Kier molecular flexibility index (Phi) is 20.1. The van der Waals surface area contributed by atoms with Crippen LogP contribution in [0.1, 0.15) is 97.3 Å². The van der Waals surface area contributed by atoms with Crippen LogP contribution < -0.4 is 12.4 Å². The molecule has 0 fully saturated rings. The van der Waals surface area contributed by atoms with E-state index in [1.165, 1.54) is 64.7 Å². The summed E-state index contributed by atoms with van der Waals surface area (Å²) in [6, 6.07) is 0. The number of carbonyl (C=O) groups is 2. The molecular weight excluding hydrogens is 390 g/mol. The summed E-state index contributed by atoms with van der Waals surface area (Å²) in [7, 11) is 6.17. The van der Waals surface area contributed by atoms with Crippen LogP contribution in [0.15, 0.2) is 0 Å². The number of carbonyl (C=O) groups excluding carboxylic acids is 2. The highest BCUT2D eigenvalue weighted by molar-refractivity contribution is 5.71. The first-order valence-corrected chi connectivity index (χ1v) is 11.4. The van der Waals surface area contributed by atoms with Crippen LogP contribution in [-0.2, 0) is 19.1 Å². The highest BCUT2D eigenvalue weighted by atomic mass is 35.5. The third-order valence-electron chi connectivity index (χ3n) is 4.88. The first-order chi connectivity index (χ1) is 13.2. The van der Waals surface area contributed by atoms with Crippen LogP contribution in [0.25, 0.3) is 0 Å². The topological polar surface area (TPSA) is 52.6 Å². The van der Waals surface area contributed by atoms with Gasteiger partial charge in [-0.1, -0.05) is 71.1 Å². The van der Waals surface area contributed by atoms with Crippen molar-refractivity contribution in [3.63, 3.8) is 0 Å². The molecule has 1 unspecified atom stereocenters. The van der Waals surface area contributed by atoms with E-state index in [1.807, 2.05) is 0 Å². The van der Waals surface area contributed by atoms with Crippen molar-refractivity contribution >= 4 is 11.9 Å². The fourth-order valence-electron chi connectivity index (χ4n) is 3.15. The van der Waals surface area contributed by atoms with E-state index in [4.69, 9.17) is 9.47 Å². The largest absolute Gasteiger partial charge is 1.00 e. The van der Waals surface area contributed by atoms with Crippen molar-refractivity contribution in [2.45, 2.75) is 103 Å². The summed E-state index contributed by atoms with van der Waals surface area (Å²) in [5.41, 5.74) is 0. The lowest BCUT2D eigenvalue weighted by atomic mass is 10.0. The van der Waals surface area contributed by atoms with Crippen molar-refractivity contribution in [1.29, 1.82) is 0 Å². The average molecular weight is 436 g/mol. The van der Waals surface area contributed by atoms with Gasteiger partial charge in [-0.3, -0.25) is 9.59 Å². The molecule has 174 valence electrons. The van der Waals surface area contributed by atoms with Crippen LogP contribution >= 0.6 is 0 Å². The molecule has 0 saturated heterocycles. The lowest BCUT2D eigenvalue weighted by Crippen LogP contribution is -3.00. The first-order valence-electron chi connectivity index (χ1n) is 11.4. The van der Waals surface area contributed by atoms with E-state index in [0.717, 1.165) is 30.3 Å². The zero-order valence-corrected chi connectivity index (χ0v) is 20.4. The molecule has 0 amide bonds. The molecule has 0 N–H and O–H groups in total. The van der Waals surface area contributed by atoms with Crippen molar-refractivity contribution in [2.75, 3.05) is 34.3 Å². The van der Waals surface area contributed by atoms with Gasteiger partial charge >= 0.3 is 11.9 Å². The van der Waals surface area contributed by atoms with Gasteiger partial charge in [0.1, 0.15) is 19.3 Å². The molecule has 29 heavy (non-hydrogen) atoms. The average Bonchev–Trinajstić information content (AvgIpc) is 2.57.